The molecule has 0 aliphatic heterocycles. The highest BCUT2D eigenvalue weighted by atomic mass is 14.8. The van der Waals surface area contributed by atoms with E-state index < -0.39 is 0 Å². The summed E-state index contributed by atoms with van der Waals surface area (Å²) < 4.78 is 0. The van der Waals surface area contributed by atoms with Gasteiger partial charge in [-0.3, -0.25) is 0 Å². The minimum Gasteiger partial charge on any atom is -0.325 e. The van der Waals surface area contributed by atoms with Gasteiger partial charge in [-0.1, -0.05) is 32.6 Å². The molecule has 2 unspecified atom stereocenters. The zero-order valence-electron chi connectivity index (χ0n) is 7.47. The third-order valence-corrected chi connectivity index (χ3v) is 3.65. The van der Waals surface area contributed by atoms with E-state index in [1.54, 1.807) is 0 Å². The molecule has 2 saturated carbocycles. The molecule has 0 aromatic carbocycles. The van der Waals surface area contributed by atoms with E-state index in [-0.39, 0.29) is 5.54 Å². The predicted molar refractivity (Wildman–Crippen MR) is 47.3 cm³/mol. The van der Waals surface area contributed by atoms with Crippen molar-refractivity contribution in [3.8, 4) is 0 Å². The molecule has 0 aromatic heterocycles. The molecule has 2 atom stereocenters. The Labute approximate surface area is 69.4 Å². The molecule has 0 heterocycles. The molecular formula is C10H19N. The van der Waals surface area contributed by atoms with E-state index in [4.69, 9.17) is 5.73 Å². The highest BCUT2D eigenvalue weighted by Crippen LogP contribution is 2.47. The average molecular weight is 153 g/mol. The lowest BCUT2D eigenvalue weighted by Crippen LogP contribution is -2.26. The lowest BCUT2D eigenvalue weighted by Gasteiger charge is -2.15. The molecule has 0 amide bonds. The van der Waals surface area contributed by atoms with Gasteiger partial charge in [-0.25, -0.2) is 0 Å². The second-order valence-corrected chi connectivity index (χ2v) is 4.69. The van der Waals surface area contributed by atoms with Crippen LogP contribution >= 0.6 is 0 Å². The maximum Gasteiger partial charge on any atom is 0.0186 e. The molecule has 0 bridgehead atoms. The third-order valence-electron chi connectivity index (χ3n) is 3.65. The number of nitrogens with two attached hydrogens (primary N) is 1. The molecule has 2 N–H and O–H groups in total. The monoisotopic (exact) mass is 153 g/mol. The van der Waals surface area contributed by atoms with Crippen LogP contribution in [0.5, 0.6) is 0 Å². The third kappa shape index (κ3) is 1.44. The normalized spacial score (nSPS) is 44.7. The van der Waals surface area contributed by atoms with E-state index in [0.717, 1.165) is 11.8 Å². The first kappa shape index (κ1) is 7.60. The van der Waals surface area contributed by atoms with Crippen LogP contribution in [0.2, 0.25) is 0 Å². The lowest BCUT2D eigenvalue weighted by atomic mass is 9.96. The SMILES string of the molecule is CC1CC1(N)CC1CCCC1. The first-order valence-corrected chi connectivity index (χ1v) is 4.99. The quantitative estimate of drug-likeness (QED) is 0.647. The summed E-state index contributed by atoms with van der Waals surface area (Å²) >= 11 is 0. The van der Waals surface area contributed by atoms with Crippen molar-refractivity contribution < 1.29 is 0 Å². The molecule has 2 rings (SSSR count). The zero-order chi connectivity index (χ0) is 7.90. The van der Waals surface area contributed by atoms with Crippen molar-refractivity contribution in [3.05, 3.63) is 0 Å². The van der Waals surface area contributed by atoms with Gasteiger partial charge in [0.25, 0.3) is 0 Å². The van der Waals surface area contributed by atoms with E-state index in [9.17, 15) is 0 Å². The first-order chi connectivity index (χ1) is 5.21. The molecule has 1 nitrogen and oxygen atoms in total. The molecule has 0 spiro atoms. The molecule has 0 aromatic rings. The second-order valence-electron chi connectivity index (χ2n) is 4.69. The molecule has 0 saturated heterocycles. The molecule has 2 fully saturated rings. The fourth-order valence-electron chi connectivity index (χ4n) is 2.55. The summed E-state index contributed by atoms with van der Waals surface area (Å²) in [7, 11) is 0. The maximum atomic E-state index is 6.17. The Morgan fingerprint density at radius 1 is 1.36 bits per heavy atom. The fraction of sp³-hybridized carbons (Fsp3) is 1.00. The van der Waals surface area contributed by atoms with Crippen molar-refractivity contribution in [3.63, 3.8) is 0 Å². The Morgan fingerprint density at radius 2 is 1.91 bits per heavy atom. The number of hydrogen-bond acceptors (Lipinski definition) is 1. The van der Waals surface area contributed by atoms with Gasteiger partial charge in [0.05, 0.1) is 0 Å². The van der Waals surface area contributed by atoms with Gasteiger partial charge < -0.3 is 5.73 Å². The Bertz CT molecular complexity index is 149. The second kappa shape index (κ2) is 2.48. The van der Waals surface area contributed by atoms with Gasteiger partial charge in [0, 0.05) is 5.54 Å². The van der Waals surface area contributed by atoms with Crippen LogP contribution in [0.15, 0.2) is 0 Å². The molecule has 2 aliphatic rings. The van der Waals surface area contributed by atoms with E-state index in [0.29, 0.717) is 0 Å². The molecule has 0 radical (unpaired) electrons. The van der Waals surface area contributed by atoms with Crippen molar-refractivity contribution in [2.45, 2.75) is 51.0 Å². The van der Waals surface area contributed by atoms with Crippen LogP contribution in [-0.2, 0) is 0 Å². The Balaban J connectivity index is 1.81. The number of hydrogen-bond donors (Lipinski definition) is 1. The Hall–Kier alpha value is -0.0400. The van der Waals surface area contributed by atoms with E-state index >= 15 is 0 Å². The van der Waals surface area contributed by atoms with Gasteiger partial charge in [0.1, 0.15) is 0 Å². The van der Waals surface area contributed by atoms with Crippen LogP contribution in [0.25, 0.3) is 0 Å². The van der Waals surface area contributed by atoms with Crippen LogP contribution in [-0.4, -0.2) is 5.54 Å². The molecule has 1 heteroatoms. The van der Waals surface area contributed by atoms with E-state index in [1.807, 2.05) is 0 Å². The van der Waals surface area contributed by atoms with E-state index in [1.165, 1.54) is 38.5 Å². The van der Waals surface area contributed by atoms with Crippen molar-refractivity contribution in [1.82, 2.24) is 0 Å². The highest BCUT2D eigenvalue weighted by Gasteiger charge is 2.48. The topological polar surface area (TPSA) is 26.0 Å². The molecular weight excluding hydrogens is 134 g/mol. The van der Waals surface area contributed by atoms with Crippen LogP contribution in [0.1, 0.15) is 45.4 Å². The van der Waals surface area contributed by atoms with Crippen molar-refractivity contribution in [2.24, 2.45) is 17.6 Å². The van der Waals surface area contributed by atoms with Crippen LogP contribution in [0.3, 0.4) is 0 Å². The van der Waals surface area contributed by atoms with Gasteiger partial charge in [0.15, 0.2) is 0 Å². The predicted octanol–water partition coefficient (Wildman–Crippen LogP) is 2.30. The summed E-state index contributed by atoms with van der Waals surface area (Å²) in [6, 6.07) is 0. The molecule has 2 aliphatic carbocycles. The van der Waals surface area contributed by atoms with Crippen LogP contribution < -0.4 is 5.73 Å². The van der Waals surface area contributed by atoms with Gasteiger partial charge in [-0.05, 0) is 24.7 Å². The first-order valence-electron chi connectivity index (χ1n) is 4.99. The van der Waals surface area contributed by atoms with Crippen LogP contribution in [0, 0.1) is 11.8 Å². The van der Waals surface area contributed by atoms with Crippen molar-refractivity contribution >= 4 is 0 Å². The Kier molecular flexibility index (Phi) is 1.71. The summed E-state index contributed by atoms with van der Waals surface area (Å²) in [5, 5.41) is 0. The zero-order valence-corrected chi connectivity index (χ0v) is 7.47. The highest BCUT2D eigenvalue weighted by molar-refractivity contribution is 5.06. The lowest BCUT2D eigenvalue weighted by molar-refractivity contribution is 0.415. The summed E-state index contributed by atoms with van der Waals surface area (Å²) in [4.78, 5) is 0. The number of rotatable bonds is 2. The van der Waals surface area contributed by atoms with Gasteiger partial charge in [0.2, 0.25) is 0 Å². The van der Waals surface area contributed by atoms with Gasteiger partial charge in [-0.15, -0.1) is 0 Å². The minimum absolute atomic E-state index is 0.273. The van der Waals surface area contributed by atoms with Gasteiger partial charge in [-0.2, -0.15) is 0 Å². The largest absolute Gasteiger partial charge is 0.325 e. The summed E-state index contributed by atoms with van der Waals surface area (Å²) in [6.07, 6.45) is 8.40. The standard InChI is InChI=1S/C10H19N/c1-8-6-10(8,11)7-9-4-2-3-5-9/h8-9H,2-7,11H2,1H3. The fourth-order valence-corrected chi connectivity index (χ4v) is 2.55. The smallest absolute Gasteiger partial charge is 0.0186 e. The maximum absolute atomic E-state index is 6.17. The average Bonchev–Trinajstić information content (AvgIpc) is 2.43. The summed E-state index contributed by atoms with van der Waals surface area (Å²) in [5.41, 5.74) is 6.44. The minimum atomic E-state index is 0.273. The molecule has 64 valence electrons. The van der Waals surface area contributed by atoms with Gasteiger partial charge >= 0.3 is 0 Å². The van der Waals surface area contributed by atoms with Crippen molar-refractivity contribution in [1.29, 1.82) is 0 Å². The molecule has 11 heavy (non-hydrogen) atoms. The van der Waals surface area contributed by atoms with Crippen molar-refractivity contribution in [2.75, 3.05) is 0 Å². The summed E-state index contributed by atoms with van der Waals surface area (Å²) in [5.74, 6) is 1.79. The van der Waals surface area contributed by atoms with E-state index in [2.05, 4.69) is 6.92 Å². The van der Waals surface area contributed by atoms with Crippen LogP contribution in [0.4, 0.5) is 0 Å². The summed E-state index contributed by atoms with van der Waals surface area (Å²) in [6.45, 7) is 2.29. The Morgan fingerprint density at radius 3 is 2.36 bits per heavy atom.